The van der Waals surface area contributed by atoms with Crippen molar-refractivity contribution in [1.82, 2.24) is 9.97 Å². The van der Waals surface area contributed by atoms with Crippen molar-refractivity contribution in [3.63, 3.8) is 0 Å². The largest absolute Gasteiger partial charge is 0.495 e. The summed E-state index contributed by atoms with van der Waals surface area (Å²) in [5.74, 6) is 1.83. The van der Waals surface area contributed by atoms with Gasteiger partial charge in [-0.25, -0.2) is 9.97 Å². The van der Waals surface area contributed by atoms with Gasteiger partial charge >= 0.3 is 0 Å². The number of anilines is 1. The average Bonchev–Trinajstić information content (AvgIpc) is 3.09. The van der Waals surface area contributed by atoms with Crippen molar-refractivity contribution in [3.05, 3.63) is 29.4 Å². The molecule has 1 fully saturated rings. The van der Waals surface area contributed by atoms with Gasteiger partial charge in [-0.3, -0.25) is 0 Å². The first-order chi connectivity index (χ1) is 9.74. The summed E-state index contributed by atoms with van der Waals surface area (Å²) in [6.07, 6.45) is 4.95. The van der Waals surface area contributed by atoms with E-state index in [0.717, 1.165) is 30.7 Å². The van der Waals surface area contributed by atoms with Gasteiger partial charge in [0.1, 0.15) is 11.9 Å². The van der Waals surface area contributed by atoms with Crippen molar-refractivity contribution >= 4 is 16.5 Å². The second-order valence-corrected chi connectivity index (χ2v) is 5.79. The van der Waals surface area contributed by atoms with E-state index in [1.807, 2.05) is 17.5 Å². The molecule has 20 heavy (non-hydrogen) atoms. The van der Waals surface area contributed by atoms with Crippen LogP contribution in [0.15, 0.2) is 23.7 Å². The van der Waals surface area contributed by atoms with Crippen molar-refractivity contribution in [2.75, 3.05) is 12.8 Å². The van der Waals surface area contributed by atoms with Crippen LogP contribution in [0.5, 0.6) is 11.6 Å². The number of hydrogen-bond donors (Lipinski definition) is 1. The quantitative estimate of drug-likeness (QED) is 0.938. The van der Waals surface area contributed by atoms with E-state index in [0.29, 0.717) is 16.9 Å². The molecule has 1 aliphatic carbocycles. The van der Waals surface area contributed by atoms with Gasteiger partial charge < -0.3 is 15.2 Å². The Morgan fingerprint density at radius 2 is 2.25 bits per heavy atom. The molecule has 2 heterocycles. The highest BCUT2D eigenvalue weighted by molar-refractivity contribution is 7.13. The van der Waals surface area contributed by atoms with Crippen LogP contribution < -0.4 is 15.2 Å². The molecule has 2 aromatic heterocycles. The molecule has 0 bridgehead atoms. The number of pyridine rings is 1. The van der Waals surface area contributed by atoms with Gasteiger partial charge in [0.05, 0.1) is 19.0 Å². The van der Waals surface area contributed by atoms with Gasteiger partial charge in [0.2, 0.25) is 5.88 Å². The standard InChI is InChI=1S/C14H17N3O2S/c1-18-11-4-5-13(16-7-11)19-10-3-2-9(6-10)12-8-20-14(15)17-12/h4-5,7-10H,2-3,6H2,1H3,(H2,15,17)/t9-,10-/m0/s1. The second kappa shape index (κ2) is 5.66. The molecule has 0 amide bonds. The predicted octanol–water partition coefficient (Wildman–Crippen LogP) is 2.84. The number of rotatable bonds is 4. The van der Waals surface area contributed by atoms with E-state index in [1.54, 1.807) is 13.3 Å². The zero-order valence-electron chi connectivity index (χ0n) is 11.3. The second-order valence-electron chi connectivity index (χ2n) is 4.90. The highest BCUT2D eigenvalue weighted by Gasteiger charge is 2.29. The molecule has 0 aromatic carbocycles. The third-order valence-electron chi connectivity index (χ3n) is 3.57. The Labute approximate surface area is 121 Å². The van der Waals surface area contributed by atoms with Crippen LogP contribution in [0.1, 0.15) is 30.9 Å². The molecule has 0 unspecified atom stereocenters. The summed E-state index contributed by atoms with van der Waals surface area (Å²) in [6, 6.07) is 3.70. The number of nitrogen functional groups attached to an aromatic ring is 1. The Balaban J connectivity index is 1.59. The maximum Gasteiger partial charge on any atom is 0.213 e. The summed E-state index contributed by atoms with van der Waals surface area (Å²) in [7, 11) is 1.62. The third kappa shape index (κ3) is 2.85. The van der Waals surface area contributed by atoms with Crippen molar-refractivity contribution < 1.29 is 9.47 Å². The molecule has 2 atom stereocenters. The van der Waals surface area contributed by atoms with Gasteiger partial charge in [-0.2, -0.15) is 0 Å². The SMILES string of the molecule is COc1ccc(O[C@H]2CC[C@H](c3csc(N)n3)C2)nc1. The monoisotopic (exact) mass is 291 g/mol. The summed E-state index contributed by atoms with van der Waals surface area (Å²) in [5.41, 5.74) is 6.78. The fourth-order valence-corrected chi connectivity index (χ4v) is 3.18. The van der Waals surface area contributed by atoms with Crippen LogP contribution in [0.4, 0.5) is 5.13 Å². The molecule has 106 valence electrons. The zero-order chi connectivity index (χ0) is 13.9. The van der Waals surface area contributed by atoms with E-state index >= 15 is 0 Å². The minimum absolute atomic E-state index is 0.198. The number of aromatic nitrogens is 2. The van der Waals surface area contributed by atoms with Crippen LogP contribution in [-0.4, -0.2) is 23.2 Å². The van der Waals surface area contributed by atoms with Crippen LogP contribution in [0.2, 0.25) is 0 Å². The molecule has 1 aliphatic rings. The smallest absolute Gasteiger partial charge is 0.213 e. The summed E-state index contributed by atoms with van der Waals surface area (Å²) < 4.78 is 11.0. The van der Waals surface area contributed by atoms with Crippen LogP contribution in [0.3, 0.4) is 0 Å². The molecule has 0 aliphatic heterocycles. The van der Waals surface area contributed by atoms with Gasteiger partial charge in [0.15, 0.2) is 5.13 Å². The Morgan fingerprint density at radius 3 is 2.90 bits per heavy atom. The lowest BCUT2D eigenvalue weighted by molar-refractivity contribution is 0.199. The first-order valence-corrected chi connectivity index (χ1v) is 7.50. The van der Waals surface area contributed by atoms with Crippen molar-refractivity contribution in [1.29, 1.82) is 0 Å². The lowest BCUT2D eigenvalue weighted by Gasteiger charge is -2.13. The molecular formula is C14H17N3O2S. The molecule has 6 heteroatoms. The normalized spacial score (nSPS) is 21.9. The Hall–Kier alpha value is -1.82. The average molecular weight is 291 g/mol. The van der Waals surface area contributed by atoms with Crippen LogP contribution in [0, 0.1) is 0 Å². The number of nitrogens with zero attached hydrogens (tertiary/aromatic N) is 2. The fourth-order valence-electron chi connectivity index (χ4n) is 2.53. The van der Waals surface area contributed by atoms with E-state index in [1.165, 1.54) is 11.3 Å². The van der Waals surface area contributed by atoms with E-state index in [-0.39, 0.29) is 6.10 Å². The summed E-state index contributed by atoms with van der Waals surface area (Å²) in [5, 5.41) is 2.69. The van der Waals surface area contributed by atoms with Gasteiger partial charge in [-0.05, 0) is 25.3 Å². The van der Waals surface area contributed by atoms with Gasteiger partial charge in [0.25, 0.3) is 0 Å². The number of nitrogens with two attached hydrogens (primary N) is 1. The van der Waals surface area contributed by atoms with Crippen molar-refractivity contribution in [3.8, 4) is 11.6 Å². The Kier molecular flexibility index (Phi) is 3.73. The van der Waals surface area contributed by atoms with Crippen LogP contribution in [0.25, 0.3) is 0 Å². The lowest BCUT2D eigenvalue weighted by atomic mass is 10.1. The number of hydrogen-bond acceptors (Lipinski definition) is 6. The van der Waals surface area contributed by atoms with Crippen molar-refractivity contribution in [2.24, 2.45) is 0 Å². The predicted molar refractivity (Wildman–Crippen MR) is 78.3 cm³/mol. The zero-order valence-corrected chi connectivity index (χ0v) is 12.1. The van der Waals surface area contributed by atoms with Gasteiger partial charge in [-0.1, -0.05) is 0 Å². The molecule has 0 spiro atoms. The first-order valence-electron chi connectivity index (χ1n) is 6.62. The topological polar surface area (TPSA) is 70.3 Å². The molecular weight excluding hydrogens is 274 g/mol. The third-order valence-corrected chi connectivity index (χ3v) is 4.27. The number of methoxy groups -OCH3 is 1. The molecule has 3 rings (SSSR count). The Bertz CT molecular complexity index is 570. The van der Waals surface area contributed by atoms with Crippen LogP contribution >= 0.6 is 11.3 Å². The van der Waals surface area contributed by atoms with Gasteiger partial charge in [0, 0.05) is 17.4 Å². The minimum atomic E-state index is 0.198. The van der Waals surface area contributed by atoms with Gasteiger partial charge in [-0.15, -0.1) is 11.3 Å². The van der Waals surface area contributed by atoms with E-state index in [9.17, 15) is 0 Å². The molecule has 1 saturated carbocycles. The molecule has 2 aromatic rings. The van der Waals surface area contributed by atoms with Crippen molar-refractivity contribution in [2.45, 2.75) is 31.3 Å². The fraction of sp³-hybridized carbons (Fsp3) is 0.429. The molecule has 0 saturated heterocycles. The Morgan fingerprint density at radius 1 is 1.35 bits per heavy atom. The highest BCUT2D eigenvalue weighted by atomic mass is 32.1. The first kappa shape index (κ1) is 13.2. The summed E-state index contributed by atoms with van der Waals surface area (Å²) in [6.45, 7) is 0. The van der Waals surface area contributed by atoms with E-state index in [4.69, 9.17) is 15.2 Å². The van der Waals surface area contributed by atoms with Crippen LogP contribution in [-0.2, 0) is 0 Å². The van der Waals surface area contributed by atoms with E-state index in [2.05, 4.69) is 9.97 Å². The molecule has 0 radical (unpaired) electrons. The minimum Gasteiger partial charge on any atom is -0.495 e. The summed E-state index contributed by atoms with van der Waals surface area (Å²) >= 11 is 1.50. The molecule has 2 N–H and O–H groups in total. The lowest BCUT2D eigenvalue weighted by Crippen LogP contribution is -2.12. The highest BCUT2D eigenvalue weighted by Crippen LogP contribution is 2.36. The number of thiazole rings is 1. The molecule has 5 nitrogen and oxygen atoms in total. The maximum atomic E-state index is 5.91. The summed E-state index contributed by atoms with van der Waals surface area (Å²) in [4.78, 5) is 8.60. The number of ether oxygens (including phenoxy) is 2. The van der Waals surface area contributed by atoms with E-state index < -0.39 is 0 Å². The maximum absolute atomic E-state index is 5.91.